The van der Waals surface area contributed by atoms with Gasteiger partial charge in [-0.25, -0.2) is 0 Å². The summed E-state index contributed by atoms with van der Waals surface area (Å²) in [7, 11) is 1.33. The van der Waals surface area contributed by atoms with Crippen LogP contribution in [-0.4, -0.2) is 42.0 Å². The summed E-state index contributed by atoms with van der Waals surface area (Å²) in [5.41, 5.74) is 1.02. The van der Waals surface area contributed by atoms with Gasteiger partial charge in [-0.05, 0) is 24.5 Å². The first-order valence-electron chi connectivity index (χ1n) is 6.40. The van der Waals surface area contributed by atoms with Crippen LogP contribution >= 0.6 is 0 Å². The minimum atomic E-state index is -0.386. The maximum Gasteiger partial charge on any atom is 0.325 e. The molecule has 19 heavy (non-hydrogen) atoms. The lowest BCUT2D eigenvalue weighted by Gasteiger charge is -2.20. The van der Waals surface area contributed by atoms with Crippen molar-refractivity contribution in [3.05, 3.63) is 30.1 Å². The van der Waals surface area contributed by atoms with Crippen LogP contribution in [-0.2, 0) is 20.7 Å². The molecule has 0 aliphatic carbocycles. The summed E-state index contributed by atoms with van der Waals surface area (Å²) in [4.78, 5) is 28.9. The van der Waals surface area contributed by atoms with Gasteiger partial charge in [-0.15, -0.1) is 0 Å². The van der Waals surface area contributed by atoms with Gasteiger partial charge < -0.3 is 9.64 Å². The van der Waals surface area contributed by atoms with Crippen molar-refractivity contribution in [1.29, 1.82) is 0 Å². The van der Waals surface area contributed by atoms with Crippen LogP contribution in [0.1, 0.15) is 25.3 Å². The van der Waals surface area contributed by atoms with E-state index in [0.29, 0.717) is 19.4 Å². The van der Waals surface area contributed by atoms with Crippen LogP contribution in [0.4, 0.5) is 0 Å². The zero-order chi connectivity index (χ0) is 14.1. The highest BCUT2D eigenvalue weighted by atomic mass is 16.5. The Bertz CT molecular complexity index is 406. The van der Waals surface area contributed by atoms with Gasteiger partial charge in [0.15, 0.2) is 0 Å². The molecule has 1 aromatic heterocycles. The van der Waals surface area contributed by atoms with Crippen LogP contribution in [0.5, 0.6) is 0 Å². The molecule has 1 heterocycles. The SMILES string of the molecule is CCCN(CC(=O)OC)C(=O)CCc1cccnc1. The predicted octanol–water partition coefficient (Wildman–Crippen LogP) is 1.43. The van der Waals surface area contributed by atoms with E-state index in [1.54, 1.807) is 17.3 Å². The van der Waals surface area contributed by atoms with Gasteiger partial charge in [-0.3, -0.25) is 14.6 Å². The summed E-state index contributed by atoms with van der Waals surface area (Å²) in [5, 5.41) is 0. The molecule has 0 aliphatic heterocycles. The van der Waals surface area contributed by atoms with Crippen molar-refractivity contribution in [3.63, 3.8) is 0 Å². The van der Waals surface area contributed by atoms with E-state index in [1.807, 2.05) is 19.1 Å². The van der Waals surface area contributed by atoms with Gasteiger partial charge >= 0.3 is 5.97 Å². The molecule has 1 amide bonds. The Morgan fingerprint density at radius 2 is 2.21 bits per heavy atom. The molecule has 0 spiro atoms. The summed E-state index contributed by atoms with van der Waals surface area (Å²) in [6, 6.07) is 3.78. The second kappa shape index (κ2) is 8.24. The zero-order valence-electron chi connectivity index (χ0n) is 11.5. The molecule has 0 atom stereocenters. The van der Waals surface area contributed by atoms with Gasteiger partial charge in [-0.2, -0.15) is 0 Å². The standard InChI is InChI=1S/C14H20N2O3/c1-3-9-16(11-14(18)19-2)13(17)7-6-12-5-4-8-15-10-12/h4-5,8,10H,3,6-7,9,11H2,1-2H3. The molecular formula is C14H20N2O3. The van der Waals surface area contributed by atoms with E-state index in [4.69, 9.17) is 0 Å². The molecule has 1 rings (SSSR count). The smallest absolute Gasteiger partial charge is 0.325 e. The normalized spacial score (nSPS) is 10.0. The first kappa shape index (κ1) is 15.1. The molecular weight excluding hydrogens is 244 g/mol. The number of pyridine rings is 1. The van der Waals surface area contributed by atoms with E-state index in [0.717, 1.165) is 12.0 Å². The Morgan fingerprint density at radius 1 is 1.42 bits per heavy atom. The van der Waals surface area contributed by atoms with Crippen LogP contribution in [0, 0.1) is 0 Å². The molecule has 0 aromatic carbocycles. The Morgan fingerprint density at radius 3 is 2.79 bits per heavy atom. The fraction of sp³-hybridized carbons (Fsp3) is 0.500. The van der Waals surface area contributed by atoms with E-state index in [-0.39, 0.29) is 18.4 Å². The third-order valence-electron chi connectivity index (χ3n) is 2.74. The third kappa shape index (κ3) is 5.50. The maximum absolute atomic E-state index is 12.1. The van der Waals surface area contributed by atoms with Gasteiger partial charge in [0, 0.05) is 25.4 Å². The number of hydrogen-bond donors (Lipinski definition) is 0. The molecule has 0 saturated carbocycles. The lowest BCUT2D eigenvalue weighted by Crippen LogP contribution is -2.36. The molecule has 0 saturated heterocycles. The van der Waals surface area contributed by atoms with E-state index >= 15 is 0 Å². The highest BCUT2D eigenvalue weighted by molar-refractivity contribution is 5.82. The number of rotatable bonds is 7. The van der Waals surface area contributed by atoms with Crippen molar-refractivity contribution in [2.24, 2.45) is 0 Å². The number of ether oxygens (including phenoxy) is 1. The van der Waals surface area contributed by atoms with Gasteiger partial charge in [0.05, 0.1) is 7.11 Å². The largest absolute Gasteiger partial charge is 0.468 e. The Kier molecular flexibility index (Phi) is 6.57. The number of esters is 1. The first-order valence-corrected chi connectivity index (χ1v) is 6.40. The molecule has 0 bridgehead atoms. The molecule has 5 heteroatoms. The molecule has 0 fully saturated rings. The van der Waals surface area contributed by atoms with Crippen molar-refractivity contribution in [3.8, 4) is 0 Å². The second-order valence-corrected chi connectivity index (χ2v) is 4.25. The van der Waals surface area contributed by atoms with Crippen LogP contribution in [0.2, 0.25) is 0 Å². The van der Waals surface area contributed by atoms with Crippen molar-refractivity contribution >= 4 is 11.9 Å². The van der Waals surface area contributed by atoms with E-state index in [9.17, 15) is 9.59 Å². The van der Waals surface area contributed by atoms with E-state index < -0.39 is 0 Å². The van der Waals surface area contributed by atoms with E-state index in [1.165, 1.54) is 7.11 Å². The summed E-state index contributed by atoms with van der Waals surface area (Å²) in [6.45, 7) is 2.57. The molecule has 104 valence electrons. The quantitative estimate of drug-likeness (QED) is 0.699. The fourth-order valence-electron chi connectivity index (χ4n) is 1.74. The van der Waals surface area contributed by atoms with Crippen molar-refractivity contribution in [2.45, 2.75) is 26.2 Å². The van der Waals surface area contributed by atoms with Crippen LogP contribution < -0.4 is 0 Å². The summed E-state index contributed by atoms with van der Waals surface area (Å²) in [5.74, 6) is -0.417. The predicted molar refractivity (Wildman–Crippen MR) is 71.4 cm³/mol. The third-order valence-corrected chi connectivity index (χ3v) is 2.74. The lowest BCUT2D eigenvalue weighted by atomic mass is 10.1. The van der Waals surface area contributed by atoms with Crippen molar-refractivity contribution in [2.75, 3.05) is 20.2 Å². The molecule has 0 unspecified atom stereocenters. The van der Waals surface area contributed by atoms with Gasteiger partial charge in [0.2, 0.25) is 5.91 Å². The van der Waals surface area contributed by atoms with Gasteiger partial charge in [0.25, 0.3) is 0 Å². The monoisotopic (exact) mass is 264 g/mol. The molecule has 1 aromatic rings. The Labute approximate surface area is 113 Å². The van der Waals surface area contributed by atoms with E-state index in [2.05, 4.69) is 9.72 Å². The number of methoxy groups -OCH3 is 1. The summed E-state index contributed by atoms with van der Waals surface area (Å²) >= 11 is 0. The van der Waals surface area contributed by atoms with Crippen molar-refractivity contribution < 1.29 is 14.3 Å². The molecule has 0 N–H and O–H groups in total. The van der Waals surface area contributed by atoms with Crippen LogP contribution in [0.25, 0.3) is 0 Å². The average Bonchev–Trinajstić information content (AvgIpc) is 2.45. The van der Waals surface area contributed by atoms with Gasteiger partial charge in [-0.1, -0.05) is 13.0 Å². The Hall–Kier alpha value is -1.91. The highest BCUT2D eigenvalue weighted by Gasteiger charge is 2.16. The number of aromatic nitrogens is 1. The molecule has 0 aliphatic rings. The second-order valence-electron chi connectivity index (χ2n) is 4.25. The number of carbonyl (C=O) groups is 2. The number of amides is 1. The van der Waals surface area contributed by atoms with Crippen LogP contribution in [0.15, 0.2) is 24.5 Å². The fourth-order valence-corrected chi connectivity index (χ4v) is 1.74. The number of carbonyl (C=O) groups excluding carboxylic acids is 2. The summed E-state index contributed by atoms with van der Waals surface area (Å²) in [6.07, 6.45) is 5.27. The Balaban J connectivity index is 2.50. The maximum atomic E-state index is 12.1. The molecule has 5 nitrogen and oxygen atoms in total. The topological polar surface area (TPSA) is 59.5 Å². The lowest BCUT2D eigenvalue weighted by molar-refractivity contribution is -0.147. The van der Waals surface area contributed by atoms with Gasteiger partial charge in [0.1, 0.15) is 6.54 Å². The van der Waals surface area contributed by atoms with Crippen LogP contribution in [0.3, 0.4) is 0 Å². The first-order chi connectivity index (χ1) is 9.17. The molecule has 0 radical (unpaired) electrons. The highest BCUT2D eigenvalue weighted by Crippen LogP contribution is 2.04. The summed E-state index contributed by atoms with van der Waals surface area (Å²) < 4.78 is 4.60. The number of aryl methyl sites for hydroxylation is 1. The minimum Gasteiger partial charge on any atom is -0.468 e. The number of nitrogens with zero attached hydrogens (tertiary/aromatic N) is 2. The average molecular weight is 264 g/mol. The minimum absolute atomic E-state index is 0.0240. The van der Waals surface area contributed by atoms with Crippen molar-refractivity contribution in [1.82, 2.24) is 9.88 Å². The number of hydrogen-bond acceptors (Lipinski definition) is 4. The zero-order valence-corrected chi connectivity index (χ0v) is 11.5.